The number of aliphatic hydroxyl groups is 1. The minimum absolute atomic E-state index is 0.114. The summed E-state index contributed by atoms with van der Waals surface area (Å²) in [5.74, 6) is 1.29. The van der Waals surface area contributed by atoms with Crippen LogP contribution < -0.4 is 16.0 Å². The first-order chi connectivity index (χ1) is 13.7. The Kier molecular flexibility index (Phi) is 6.53. The van der Waals surface area contributed by atoms with E-state index in [1.807, 2.05) is 6.92 Å². The van der Waals surface area contributed by atoms with Crippen LogP contribution in [0.2, 0.25) is 10.2 Å². The van der Waals surface area contributed by atoms with Gasteiger partial charge < -0.3 is 21.1 Å². The number of pyridine rings is 1. The summed E-state index contributed by atoms with van der Waals surface area (Å²) in [4.78, 5) is 15.9. The molecule has 0 aromatic carbocycles. The number of aliphatic hydroxyl groups excluding tert-OH is 1. The van der Waals surface area contributed by atoms with Crippen molar-refractivity contribution >= 4 is 34.8 Å². The minimum atomic E-state index is -0.216. The SMILES string of the molecule is CNc1cc(-c2nc(CO)c(N3CCC(C)([C@H](C)N)CC3)nc2C)c(Cl)c(Cl)n1. The van der Waals surface area contributed by atoms with Gasteiger partial charge in [-0.1, -0.05) is 30.1 Å². The third-order valence-electron chi connectivity index (χ3n) is 6.00. The fourth-order valence-electron chi connectivity index (χ4n) is 3.64. The lowest BCUT2D eigenvalue weighted by molar-refractivity contribution is 0.204. The molecule has 0 amide bonds. The van der Waals surface area contributed by atoms with Crippen LogP contribution in [0, 0.1) is 12.3 Å². The smallest absolute Gasteiger partial charge is 0.153 e. The van der Waals surface area contributed by atoms with Crippen molar-refractivity contribution in [3.63, 3.8) is 0 Å². The van der Waals surface area contributed by atoms with Gasteiger partial charge in [0, 0.05) is 31.7 Å². The van der Waals surface area contributed by atoms with Crippen LogP contribution in [0.4, 0.5) is 11.6 Å². The largest absolute Gasteiger partial charge is 0.390 e. The molecule has 158 valence electrons. The van der Waals surface area contributed by atoms with Crippen LogP contribution in [0.1, 0.15) is 38.1 Å². The highest BCUT2D eigenvalue weighted by atomic mass is 35.5. The maximum Gasteiger partial charge on any atom is 0.153 e. The first-order valence-electron chi connectivity index (χ1n) is 9.73. The van der Waals surface area contributed by atoms with Crippen LogP contribution >= 0.6 is 23.2 Å². The minimum Gasteiger partial charge on any atom is -0.390 e. The monoisotopic (exact) mass is 438 g/mol. The maximum atomic E-state index is 9.99. The van der Waals surface area contributed by atoms with Gasteiger partial charge in [0.05, 0.1) is 23.0 Å². The molecule has 1 saturated heterocycles. The summed E-state index contributed by atoms with van der Waals surface area (Å²) in [7, 11) is 1.75. The molecule has 0 radical (unpaired) electrons. The summed E-state index contributed by atoms with van der Waals surface area (Å²) in [6, 6.07) is 1.92. The highest BCUT2D eigenvalue weighted by molar-refractivity contribution is 6.43. The van der Waals surface area contributed by atoms with E-state index >= 15 is 0 Å². The number of hydrogen-bond acceptors (Lipinski definition) is 7. The van der Waals surface area contributed by atoms with Gasteiger partial charge in [-0.2, -0.15) is 0 Å². The molecule has 1 aliphatic heterocycles. The van der Waals surface area contributed by atoms with Crippen LogP contribution in [0.25, 0.3) is 11.3 Å². The number of piperidine rings is 1. The summed E-state index contributed by atoms with van der Waals surface area (Å²) in [5.41, 5.74) is 8.74. The molecule has 0 unspecified atom stereocenters. The van der Waals surface area contributed by atoms with E-state index in [0.29, 0.717) is 39.3 Å². The molecule has 29 heavy (non-hydrogen) atoms. The number of rotatable bonds is 5. The van der Waals surface area contributed by atoms with Crippen molar-refractivity contribution in [1.29, 1.82) is 0 Å². The van der Waals surface area contributed by atoms with Crippen molar-refractivity contribution in [3.8, 4) is 11.3 Å². The molecular weight excluding hydrogens is 411 g/mol. The van der Waals surface area contributed by atoms with Crippen LogP contribution in [-0.4, -0.2) is 46.2 Å². The third-order valence-corrected chi connectivity index (χ3v) is 6.76. The van der Waals surface area contributed by atoms with Crippen molar-refractivity contribution in [2.75, 3.05) is 30.4 Å². The van der Waals surface area contributed by atoms with Crippen LogP contribution in [0.15, 0.2) is 6.07 Å². The highest BCUT2D eigenvalue weighted by Crippen LogP contribution is 2.38. The molecular formula is C20H28Cl2N6O. The van der Waals surface area contributed by atoms with Crippen LogP contribution in [-0.2, 0) is 6.61 Å². The molecule has 9 heteroatoms. The molecule has 3 rings (SSSR count). The average molecular weight is 439 g/mol. The first-order valence-corrected chi connectivity index (χ1v) is 10.5. The molecule has 7 nitrogen and oxygen atoms in total. The van der Waals surface area contributed by atoms with E-state index in [1.54, 1.807) is 13.1 Å². The Morgan fingerprint density at radius 3 is 2.48 bits per heavy atom. The lowest BCUT2D eigenvalue weighted by atomic mass is 9.75. The molecule has 4 N–H and O–H groups in total. The van der Waals surface area contributed by atoms with Crippen LogP contribution in [0.5, 0.6) is 0 Å². The van der Waals surface area contributed by atoms with Gasteiger partial charge in [0.1, 0.15) is 11.5 Å². The Morgan fingerprint density at radius 2 is 1.93 bits per heavy atom. The molecule has 1 aliphatic rings. The molecule has 0 spiro atoms. The predicted molar refractivity (Wildman–Crippen MR) is 119 cm³/mol. The second-order valence-corrected chi connectivity index (χ2v) is 8.66. The molecule has 0 aliphatic carbocycles. The van der Waals surface area contributed by atoms with Gasteiger partial charge >= 0.3 is 0 Å². The number of nitrogens with zero attached hydrogens (tertiary/aromatic N) is 4. The van der Waals surface area contributed by atoms with E-state index in [2.05, 4.69) is 29.0 Å². The average Bonchev–Trinajstić information content (AvgIpc) is 2.70. The number of aryl methyl sites for hydroxylation is 1. The number of anilines is 2. The van der Waals surface area contributed by atoms with Crippen molar-refractivity contribution in [1.82, 2.24) is 15.0 Å². The highest BCUT2D eigenvalue weighted by Gasteiger charge is 2.34. The Labute approximate surface area is 181 Å². The lowest BCUT2D eigenvalue weighted by Gasteiger charge is -2.42. The molecule has 1 fully saturated rings. The first kappa shape index (κ1) is 22.0. The lowest BCUT2D eigenvalue weighted by Crippen LogP contribution is -2.47. The number of nitrogens with one attached hydrogen (secondary N) is 1. The quantitative estimate of drug-likeness (QED) is 0.612. The second kappa shape index (κ2) is 8.60. The molecule has 0 saturated carbocycles. The zero-order valence-corrected chi connectivity index (χ0v) is 18.8. The number of aromatic nitrogens is 3. The van der Waals surface area contributed by atoms with Gasteiger partial charge in [0.15, 0.2) is 11.0 Å². The number of nitrogens with two attached hydrogens (primary N) is 1. The molecule has 2 aromatic rings. The summed E-state index contributed by atoms with van der Waals surface area (Å²) in [6.07, 6.45) is 1.94. The van der Waals surface area contributed by atoms with Gasteiger partial charge in [-0.15, -0.1) is 0 Å². The van der Waals surface area contributed by atoms with Crippen molar-refractivity contribution < 1.29 is 5.11 Å². The summed E-state index contributed by atoms with van der Waals surface area (Å²) < 4.78 is 0. The molecule has 2 aromatic heterocycles. The fraction of sp³-hybridized carbons (Fsp3) is 0.550. The predicted octanol–water partition coefficient (Wildman–Crippen LogP) is 3.64. The molecule has 3 heterocycles. The Hall–Kier alpha value is -1.67. The van der Waals surface area contributed by atoms with E-state index in [-0.39, 0.29) is 23.2 Å². The fourth-order valence-corrected chi connectivity index (χ4v) is 4.02. The zero-order chi connectivity index (χ0) is 21.3. The Bertz CT molecular complexity index is 897. The Morgan fingerprint density at radius 1 is 1.28 bits per heavy atom. The van der Waals surface area contributed by atoms with E-state index < -0.39 is 0 Å². The van der Waals surface area contributed by atoms with Gasteiger partial charge in [0.25, 0.3) is 0 Å². The normalized spacial score (nSPS) is 17.3. The summed E-state index contributed by atoms with van der Waals surface area (Å²) in [5, 5.41) is 13.5. The van der Waals surface area contributed by atoms with E-state index in [0.717, 1.165) is 25.9 Å². The van der Waals surface area contributed by atoms with Gasteiger partial charge in [-0.05, 0) is 38.2 Å². The molecule has 0 bridgehead atoms. The van der Waals surface area contributed by atoms with Crippen molar-refractivity contribution in [3.05, 3.63) is 27.6 Å². The van der Waals surface area contributed by atoms with E-state index in [4.69, 9.17) is 38.9 Å². The summed E-state index contributed by atoms with van der Waals surface area (Å²) >= 11 is 12.6. The number of halogens is 2. The van der Waals surface area contributed by atoms with E-state index in [9.17, 15) is 5.11 Å². The second-order valence-electron chi connectivity index (χ2n) is 7.93. The topological polar surface area (TPSA) is 100 Å². The van der Waals surface area contributed by atoms with Crippen molar-refractivity contribution in [2.45, 2.75) is 46.3 Å². The number of hydrogen-bond donors (Lipinski definition) is 3. The van der Waals surface area contributed by atoms with E-state index in [1.165, 1.54) is 0 Å². The standard InChI is InChI=1S/C20H28Cl2N6O/c1-11-17(13-9-15(24-4)27-18(22)16(13)21)26-14(10-29)19(25-11)28-7-5-20(3,6-8-28)12(2)23/h9,12,29H,5-8,10,23H2,1-4H3,(H,24,27)/t12-/m0/s1. The summed E-state index contributed by atoms with van der Waals surface area (Å²) in [6.45, 7) is 7.61. The zero-order valence-electron chi connectivity index (χ0n) is 17.3. The Balaban J connectivity index is 1.99. The van der Waals surface area contributed by atoms with Gasteiger partial charge in [-0.3, -0.25) is 0 Å². The van der Waals surface area contributed by atoms with Gasteiger partial charge in [-0.25, -0.2) is 15.0 Å². The third kappa shape index (κ3) is 4.28. The molecule has 1 atom stereocenters. The van der Waals surface area contributed by atoms with Gasteiger partial charge in [0.2, 0.25) is 0 Å². The van der Waals surface area contributed by atoms with Crippen molar-refractivity contribution in [2.24, 2.45) is 11.1 Å². The maximum absolute atomic E-state index is 9.99. The van der Waals surface area contributed by atoms with Crippen LogP contribution in [0.3, 0.4) is 0 Å².